The average Bonchev–Trinajstić information content (AvgIpc) is 3.40. The fourth-order valence-electron chi connectivity index (χ4n) is 4.43. The van der Waals surface area contributed by atoms with E-state index in [9.17, 15) is 14.4 Å². The summed E-state index contributed by atoms with van der Waals surface area (Å²) in [6.45, 7) is 7.89. The predicted octanol–water partition coefficient (Wildman–Crippen LogP) is 5.12. The van der Waals surface area contributed by atoms with Gasteiger partial charge in [0.2, 0.25) is 5.91 Å². The van der Waals surface area contributed by atoms with Crippen molar-refractivity contribution < 1.29 is 19.1 Å². The van der Waals surface area contributed by atoms with Gasteiger partial charge in [-0.15, -0.1) is 0 Å². The maximum absolute atomic E-state index is 12.7. The molecule has 0 radical (unpaired) electrons. The minimum absolute atomic E-state index is 0.00808. The number of carbonyl (C=O) groups excluding carboxylic acids is 3. The van der Waals surface area contributed by atoms with Crippen molar-refractivity contribution in [2.24, 2.45) is 5.92 Å². The molecule has 1 atom stereocenters. The van der Waals surface area contributed by atoms with Crippen LogP contribution in [-0.2, 0) is 16.0 Å². The van der Waals surface area contributed by atoms with Gasteiger partial charge in [-0.2, -0.15) is 0 Å². The van der Waals surface area contributed by atoms with Crippen molar-refractivity contribution in [3.05, 3.63) is 65.2 Å². The first-order valence-corrected chi connectivity index (χ1v) is 12.8. The first-order valence-electron chi connectivity index (χ1n) is 12.8. The van der Waals surface area contributed by atoms with E-state index in [0.29, 0.717) is 23.7 Å². The summed E-state index contributed by atoms with van der Waals surface area (Å²) in [7, 11) is 0. The number of benzene rings is 2. The number of hydrogen-bond donors (Lipinski definition) is 1. The molecular weight excluding hydrogens is 440 g/mol. The molecule has 1 unspecified atom stereocenters. The summed E-state index contributed by atoms with van der Waals surface area (Å²) >= 11 is 0. The van der Waals surface area contributed by atoms with E-state index in [2.05, 4.69) is 19.2 Å². The first-order chi connectivity index (χ1) is 16.9. The smallest absolute Gasteiger partial charge is 0.260 e. The van der Waals surface area contributed by atoms with Crippen molar-refractivity contribution >= 4 is 17.6 Å². The second-order valence-electron chi connectivity index (χ2n) is 9.66. The van der Waals surface area contributed by atoms with Crippen LogP contribution < -0.4 is 10.1 Å². The Hall–Kier alpha value is -3.15. The highest BCUT2D eigenvalue weighted by Gasteiger charge is 2.21. The predicted molar refractivity (Wildman–Crippen MR) is 137 cm³/mol. The highest BCUT2D eigenvalue weighted by atomic mass is 16.5. The van der Waals surface area contributed by atoms with Crippen molar-refractivity contribution in [1.82, 2.24) is 10.2 Å². The van der Waals surface area contributed by atoms with Crippen LogP contribution >= 0.6 is 0 Å². The third kappa shape index (κ3) is 7.94. The van der Waals surface area contributed by atoms with Crippen LogP contribution in [0.15, 0.2) is 48.5 Å². The number of nitrogens with one attached hydrogen (secondary N) is 1. The van der Waals surface area contributed by atoms with Gasteiger partial charge in [-0.25, -0.2) is 0 Å². The SMILES string of the molecule is CCC(NC(=O)CCC(=O)c1ccc(CC(C)C)cc1)c1ccccc1OCC(=O)N1CCCC1. The molecule has 1 aliphatic rings. The van der Waals surface area contributed by atoms with Gasteiger partial charge in [-0.3, -0.25) is 14.4 Å². The Balaban J connectivity index is 1.53. The maximum atomic E-state index is 12.7. The van der Waals surface area contributed by atoms with Crippen LogP contribution in [0.2, 0.25) is 0 Å². The minimum atomic E-state index is -0.258. The van der Waals surface area contributed by atoms with Crippen molar-refractivity contribution in [2.75, 3.05) is 19.7 Å². The number of amides is 2. The first kappa shape index (κ1) is 26.5. The second kappa shape index (κ2) is 13.1. The molecule has 188 valence electrons. The third-order valence-corrected chi connectivity index (χ3v) is 6.35. The Morgan fingerprint density at radius 3 is 2.31 bits per heavy atom. The topological polar surface area (TPSA) is 75.7 Å². The highest BCUT2D eigenvalue weighted by molar-refractivity contribution is 5.98. The average molecular weight is 479 g/mol. The summed E-state index contributed by atoms with van der Waals surface area (Å²) in [5, 5.41) is 3.04. The summed E-state index contributed by atoms with van der Waals surface area (Å²) < 4.78 is 5.87. The second-order valence-corrected chi connectivity index (χ2v) is 9.66. The Bertz CT molecular complexity index is 994. The molecule has 0 aromatic heterocycles. The van der Waals surface area contributed by atoms with Crippen LogP contribution in [0.1, 0.15) is 80.4 Å². The van der Waals surface area contributed by atoms with Crippen LogP contribution in [-0.4, -0.2) is 42.2 Å². The van der Waals surface area contributed by atoms with Crippen molar-refractivity contribution in [1.29, 1.82) is 0 Å². The van der Waals surface area contributed by atoms with Crippen LogP contribution in [0.5, 0.6) is 5.75 Å². The number of Topliss-reactive ketones (excluding diaryl/α,β-unsaturated/α-hetero) is 1. The zero-order chi connectivity index (χ0) is 25.2. The van der Waals surface area contributed by atoms with Gasteiger partial charge in [0.15, 0.2) is 12.4 Å². The minimum Gasteiger partial charge on any atom is -0.483 e. The standard InChI is InChI=1S/C29H38N2O4/c1-4-25(24-9-5-6-10-27(24)35-20-29(34)31-17-7-8-18-31)30-28(33)16-15-26(32)23-13-11-22(12-14-23)19-21(2)3/h5-6,9-14,21,25H,4,7-8,15-20H2,1-3H3,(H,30,33). The van der Waals surface area contributed by atoms with Gasteiger partial charge >= 0.3 is 0 Å². The zero-order valence-corrected chi connectivity index (χ0v) is 21.2. The molecule has 1 saturated heterocycles. The molecule has 0 spiro atoms. The van der Waals surface area contributed by atoms with E-state index in [1.807, 2.05) is 60.4 Å². The van der Waals surface area contributed by atoms with E-state index in [0.717, 1.165) is 37.9 Å². The molecule has 0 bridgehead atoms. The Kier molecular flexibility index (Phi) is 9.88. The number of ether oxygens (including phenoxy) is 1. The van der Waals surface area contributed by atoms with E-state index in [4.69, 9.17) is 4.74 Å². The summed E-state index contributed by atoms with van der Waals surface area (Å²) in [5.41, 5.74) is 2.69. The third-order valence-electron chi connectivity index (χ3n) is 6.35. The molecule has 0 saturated carbocycles. The molecule has 2 aromatic rings. The number of nitrogens with zero attached hydrogens (tertiary/aromatic N) is 1. The fraction of sp³-hybridized carbons (Fsp3) is 0.483. The van der Waals surface area contributed by atoms with Crippen molar-refractivity contribution in [2.45, 2.75) is 65.3 Å². The summed E-state index contributed by atoms with van der Waals surface area (Å²) in [6.07, 6.45) is 4.01. The molecular formula is C29H38N2O4. The normalized spacial score (nSPS) is 14.1. The molecule has 2 amide bonds. The molecule has 1 heterocycles. The number of likely N-dealkylation sites (tertiary alicyclic amines) is 1. The quantitative estimate of drug-likeness (QED) is 0.430. The van der Waals surface area contributed by atoms with Crippen molar-refractivity contribution in [3.8, 4) is 5.75 Å². The Labute approximate surface area is 209 Å². The molecule has 1 aliphatic heterocycles. The van der Waals surface area contributed by atoms with E-state index < -0.39 is 0 Å². The molecule has 2 aromatic carbocycles. The van der Waals surface area contributed by atoms with Gasteiger partial charge in [0.25, 0.3) is 5.91 Å². The number of para-hydroxylation sites is 1. The number of hydrogen-bond acceptors (Lipinski definition) is 4. The molecule has 3 rings (SSSR count). The molecule has 1 N–H and O–H groups in total. The van der Waals surface area contributed by atoms with Gasteiger partial charge in [-0.1, -0.05) is 63.2 Å². The van der Waals surface area contributed by atoms with E-state index in [1.54, 1.807) is 0 Å². The van der Waals surface area contributed by atoms with Gasteiger partial charge in [-0.05, 0) is 43.2 Å². The van der Waals surface area contributed by atoms with Gasteiger partial charge in [0.1, 0.15) is 5.75 Å². The Morgan fingerprint density at radius 2 is 1.66 bits per heavy atom. The van der Waals surface area contributed by atoms with E-state index >= 15 is 0 Å². The number of rotatable bonds is 12. The molecule has 35 heavy (non-hydrogen) atoms. The lowest BCUT2D eigenvalue weighted by Gasteiger charge is -2.21. The zero-order valence-electron chi connectivity index (χ0n) is 21.2. The van der Waals surface area contributed by atoms with Crippen LogP contribution in [0.25, 0.3) is 0 Å². The molecule has 0 aliphatic carbocycles. The van der Waals surface area contributed by atoms with Gasteiger partial charge < -0.3 is 15.0 Å². The van der Waals surface area contributed by atoms with Gasteiger partial charge in [0, 0.05) is 37.1 Å². The van der Waals surface area contributed by atoms with Crippen molar-refractivity contribution in [3.63, 3.8) is 0 Å². The summed E-state index contributed by atoms with van der Waals surface area (Å²) in [4.78, 5) is 39.5. The Morgan fingerprint density at radius 1 is 0.971 bits per heavy atom. The lowest BCUT2D eigenvalue weighted by molar-refractivity contribution is -0.132. The van der Waals surface area contributed by atoms with Crippen LogP contribution in [0.3, 0.4) is 0 Å². The lowest BCUT2D eigenvalue weighted by Crippen LogP contribution is -2.32. The lowest BCUT2D eigenvalue weighted by atomic mass is 9.99. The van der Waals surface area contributed by atoms with Crippen LogP contribution in [0, 0.1) is 5.92 Å². The summed E-state index contributed by atoms with van der Waals surface area (Å²) in [6, 6.07) is 14.9. The monoisotopic (exact) mass is 478 g/mol. The maximum Gasteiger partial charge on any atom is 0.260 e. The molecule has 6 nitrogen and oxygen atoms in total. The number of carbonyl (C=O) groups is 3. The van der Waals surface area contributed by atoms with Gasteiger partial charge in [0.05, 0.1) is 6.04 Å². The largest absolute Gasteiger partial charge is 0.483 e. The molecule has 1 fully saturated rings. The fourth-order valence-corrected chi connectivity index (χ4v) is 4.43. The number of ketones is 1. The summed E-state index contributed by atoms with van der Waals surface area (Å²) in [5.74, 6) is 0.945. The van der Waals surface area contributed by atoms with Crippen LogP contribution in [0.4, 0.5) is 0 Å². The van der Waals surface area contributed by atoms with E-state index in [-0.39, 0.29) is 43.1 Å². The highest BCUT2D eigenvalue weighted by Crippen LogP contribution is 2.27. The van der Waals surface area contributed by atoms with E-state index in [1.165, 1.54) is 5.56 Å². The molecule has 6 heteroatoms.